The Balaban J connectivity index is 1.77. The first kappa shape index (κ1) is 13.0. The highest BCUT2D eigenvalue weighted by atomic mass is 19.1. The van der Waals surface area contributed by atoms with Crippen molar-refractivity contribution in [3.8, 4) is 0 Å². The lowest BCUT2D eigenvalue weighted by Crippen LogP contribution is -2.36. The summed E-state index contributed by atoms with van der Waals surface area (Å²) < 4.78 is 13.3. The zero-order chi connectivity index (χ0) is 13.0. The number of β-amino-alcohol motifs (C(OH)–C–C–N with tert-alkyl or cyclic N) is 1. The molecule has 2 rings (SSSR count). The molecule has 18 heavy (non-hydrogen) atoms. The third kappa shape index (κ3) is 3.51. The summed E-state index contributed by atoms with van der Waals surface area (Å²) in [4.78, 5) is 13.5. The monoisotopic (exact) mass is 252 g/mol. The van der Waals surface area contributed by atoms with E-state index in [1.54, 1.807) is 18.2 Å². The molecule has 0 aliphatic carbocycles. The summed E-state index contributed by atoms with van der Waals surface area (Å²) in [6, 6.07) is 6.38. The molecular weight excluding hydrogens is 235 g/mol. The van der Waals surface area contributed by atoms with Gasteiger partial charge in [0.1, 0.15) is 5.82 Å². The van der Waals surface area contributed by atoms with E-state index < -0.39 is 0 Å². The van der Waals surface area contributed by atoms with Gasteiger partial charge >= 0.3 is 0 Å². The number of carbonyl (C=O) groups is 1. The van der Waals surface area contributed by atoms with Crippen LogP contribution in [0.4, 0.5) is 4.39 Å². The molecule has 1 atom stereocenters. The maximum absolute atomic E-state index is 13.3. The van der Waals surface area contributed by atoms with Gasteiger partial charge in [-0.15, -0.1) is 0 Å². The van der Waals surface area contributed by atoms with Gasteiger partial charge < -0.3 is 10.4 Å². The third-order valence-electron chi connectivity index (χ3n) is 3.05. The fourth-order valence-electron chi connectivity index (χ4n) is 2.05. The maximum Gasteiger partial charge on any atom is 0.234 e. The number of nitrogens with zero attached hydrogens (tertiary/aromatic N) is 1. The van der Waals surface area contributed by atoms with Gasteiger partial charge in [0.25, 0.3) is 0 Å². The predicted octanol–water partition coefficient (Wildman–Crippen LogP) is 0.508. The summed E-state index contributed by atoms with van der Waals surface area (Å²) in [5.74, 6) is -0.457. The molecule has 0 unspecified atom stereocenters. The van der Waals surface area contributed by atoms with Gasteiger partial charge in [-0.3, -0.25) is 9.69 Å². The fourth-order valence-corrected chi connectivity index (χ4v) is 2.05. The van der Waals surface area contributed by atoms with Gasteiger partial charge in [-0.05, 0) is 12.5 Å². The van der Waals surface area contributed by atoms with Gasteiger partial charge in [0.05, 0.1) is 12.6 Å². The van der Waals surface area contributed by atoms with Crippen molar-refractivity contribution in [3.63, 3.8) is 0 Å². The standard InChI is InChI=1S/C13H17FN2O2/c14-12-4-2-1-3-10(12)7-15-13(18)9-16-6-5-11(17)8-16/h1-4,11,17H,5-9H2,(H,15,18)/t11-/m0/s1. The number of hydrogen-bond acceptors (Lipinski definition) is 3. The van der Waals surface area contributed by atoms with E-state index in [4.69, 9.17) is 0 Å². The van der Waals surface area contributed by atoms with Crippen LogP contribution in [-0.2, 0) is 11.3 Å². The number of hydrogen-bond donors (Lipinski definition) is 2. The maximum atomic E-state index is 13.3. The van der Waals surface area contributed by atoms with Crippen LogP contribution in [0.1, 0.15) is 12.0 Å². The minimum absolute atomic E-state index is 0.146. The van der Waals surface area contributed by atoms with Crippen LogP contribution in [0.15, 0.2) is 24.3 Å². The first-order valence-electron chi connectivity index (χ1n) is 6.05. The number of amides is 1. The third-order valence-corrected chi connectivity index (χ3v) is 3.05. The minimum atomic E-state index is -0.329. The van der Waals surface area contributed by atoms with E-state index in [1.807, 2.05) is 4.90 Å². The molecule has 0 bridgehead atoms. The Morgan fingerprint density at radius 1 is 1.50 bits per heavy atom. The summed E-state index contributed by atoms with van der Waals surface area (Å²) in [7, 11) is 0. The summed E-state index contributed by atoms with van der Waals surface area (Å²) in [5.41, 5.74) is 0.479. The molecule has 1 aliphatic heterocycles. The number of aliphatic hydroxyl groups excluding tert-OH is 1. The number of nitrogens with one attached hydrogen (secondary N) is 1. The van der Waals surface area contributed by atoms with E-state index >= 15 is 0 Å². The second-order valence-corrected chi connectivity index (χ2v) is 4.55. The zero-order valence-corrected chi connectivity index (χ0v) is 10.1. The second-order valence-electron chi connectivity index (χ2n) is 4.55. The van der Waals surface area contributed by atoms with Gasteiger partial charge in [-0.2, -0.15) is 0 Å². The summed E-state index contributed by atoms with van der Waals surface area (Å²) in [6.07, 6.45) is 0.380. The first-order chi connectivity index (χ1) is 8.65. The molecule has 1 aromatic rings. The number of aliphatic hydroxyl groups is 1. The largest absolute Gasteiger partial charge is 0.392 e. The normalized spacial score (nSPS) is 20.0. The zero-order valence-electron chi connectivity index (χ0n) is 10.1. The molecule has 1 amide bonds. The van der Waals surface area contributed by atoms with Gasteiger partial charge in [0.15, 0.2) is 0 Å². The second kappa shape index (κ2) is 5.93. The summed E-state index contributed by atoms with van der Waals surface area (Å²) in [5, 5.41) is 12.0. The Morgan fingerprint density at radius 3 is 2.94 bits per heavy atom. The van der Waals surface area contributed by atoms with Crippen LogP contribution in [0.3, 0.4) is 0 Å². The van der Waals surface area contributed by atoms with E-state index in [1.165, 1.54) is 6.07 Å². The molecule has 1 heterocycles. The Labute approximate surface area is 105 Å². The molecular formula is C13H17FN2O2. The smallest absolute Gasteiger partial charge is 0.234 e. The van der Waals surface area contributed by atoms with Crippen LogP contribution >= 0.6 is 0 Å². The van der Waals surface area contributed by atoms with Crippen LogP contribution in [0, 0.1) is 5.82 Å². The van der Waals surface area contributed by atoms with E-state index in [-0.39, 0.29) is 30.9 Å². The molecule has 1 fully saturated rings. The van der Waals surface area contributed by atoms with Gasteiger partial charge in [-0.25, -0.2) is 4.39 Å². The highest BCUT2D eigenvalue weighted by molar-refractivity contribution is 5.78. The van der Waals surface area contributed by atoms with Crippen molar-refractivity contribution < 1.29 is 14.3 Å². The lowest BCUT2D eigenvalue weighted by atomic mass is 10.2. The molecule has 0 aromatic heterocycles. The number of carbonyl (C=O) groups excluding carboxylic acids is 1. The summed E-state index contributed by atoms with van der Waals surface area (Å²) in [6.45, 7) is 1.72. The minimum Gasteiger partial charge on any atom is -0.392 e. The Morgan fingerprint density at radius 2 is 2.28 bits per heavy atom. The molecule has 0 saturated carbocycles. The topological polar surface area (TPSA) is 52.6 Å². The average molecular weight is 252 g/mol. The van der Waals surface area contributed by atoms with Crippen molar-refractivity contribution in [2.75, 3.05) is 19.6 Å². The van der Waals surface area contributed by atoms with Crippen molar-refractivity contribution in [1.29, 1.82) is 0 Å². The SMILES string of the molecule is O=C(CN1CC[C@H](O)C1)NCc1ccccc1F. The molecule has 2 N–H and O–H groups in total. The van der Waals surface area contributed by atoms with Gasteiger partial charge in [0, 0.05) is 25.2 Å². The first-order valence-corrected chi connectivity index (χ1v) is 6.05. The van der Waals surface area contributed by atoms with E-state index in [0.717, 1.165) is 6.54 Å². The van der Waals surface area contributed by atoms with Crippen molar-refractivity contribution in [1.82, 2.24) is 10.2 Å². The number of halogens is 1. The van der Waals surface area contributed by atoms with Crippen LogP contribution in [0.2, 0.25) is 0 Å². The van der Waals surface area contributed by atoms with Crippen molar-refractivity contribution in [3.05, 3.63) is 35.6 Å². The van der Waals surface area contributed by atoms with Crippen LogP contribution in [0.25, 0.3) is 0 Å². The highest BCUT2D eigenvalue weighted by Crippen LogP contribution is 2.08. The number of rotatable bonds is 4. The van der Waals surface area contributed by atoms with Crippen molar-refractivity contribution >= 4 is 5.91 Å². The average Bonchev–Trinajstić information content (AvgIpc) is 2.74. The van der Waals surface area contributed by atoms with E-state index in [2.05, 4.69) is 5.32 Å². The fraction of sp³-hybridized carbons (Fsp3) is 0.462. The lowest BCUT2D eigenvalue weighted by Gasteiger charge is -2.14. The van der Waals surface area contributed by atoms with Crippen LogP contribution in [-0.4, -0.2) is 41.7 Å². The van der Waals surface area contributed by atoms with E-state index in [0.29, 0.717) is 18.5 Å². The summed E-state index contributed by atoms with van der Waals surface area (Å²) >= 11 is 0. The Hall–Kier alpha value is -1.46. The molecule has 5 heteroatoms. The van der Waals surface area contributed by atoms with Gasteiger partial charge in [0.2, 0.25) is 5.91 Å². The molecule has 4 nitrogen and oxygen atoms in total. The number of likely N-dealkylation sites (tertiary alicyclic amines) is 1. The molecule has 1 aliphatic rings. The van der Waals surface area contributed by atoms with Crippen molar-refractivity contribution in [2.45, 2.75) is 19.1 Å². The lowest BCUT2D eigenvalue weighted by molar-refractivity contribution is -0.122. The molecule has 0 spiro atoms. The van der Waals surface area contributed by atoms with Crippen molar-refractivity contribution in [2.24, 2.45) is 0 Å². The predicted molar refractivity (Wildman–Crippen MR) is 65.3 cm³/mol. The van der Waals surface area contributed by atoms with Gasteiger partial charge in [-0.1, -0.05) is 18.2 Å². The molecule has 1 aromatic carbocycles. The quantitative estimate of drug-likeness (QED) is 0.821. The van der Waals surface area contributed by atoms with E-state index in [9.17, 15) is 14.3 Å². The Kier molecular flexibility index (Phi) is 4.28. The molecule has 0 radical (unpaired) electrons. The van der Waals surface area contributed by atoms with Crippen LogP contribution < -0.4 is 5.32 Å². The highest BCUT2D eigenvalue weighted by Gasteiger charge is 2.21. The Bertz CT molecular complexity index is 425. The molecule has 1 saturated heterocycles. The van der Waals surface area contributed by atoms with Crippen LogP contribution in [0.5, 0.6) is 0 Å². The molecule has 98 valence electrons. The number of benzene rings is 1.